The van der Waals surface area contributed by atoms with E-state index in [-0.39, 0.29) is 5.56 Å². The molecule has 0 saturated heterocycles. The van der Waals surface area contributed by atoms with E-state index in [1.807, 2.05) is 0 Å². The van der Waals surface area contributed by atoms with Crippen LogP contribution < -0.4 is 0 Å². The highest BCUT2D eigenvalue weighted by molar-refractivity contribution is 5.79. The van der Waals surface area contributed by atoms with Gasteiger partial charge in [-0.25, -0.2) is 18.2 Å². The molecule has 0 bridgehead atoms. The average molecular weight is 199 g/mol. The number of imidazole rings is 1. The number of fused-ring (bicyclic) bond motifs is 1. The molecule has 73 valence electrons. The van der Waals surface area contributed by atoms with Crippen LogP contribution in [0.2, 0.25) is 0 Å². The standard InChI is InChI=1S/C9H6F3N2/c1-4-7(10)5(9(11)12)2-6-8(4)14-3-13-6/h2,9H,1H3,(H,13,14). The predicted molar refractivity (Wildman–Crippen MR) is 44.6 cm³/mol. The van der Waals surface area contributed by atoms with Crippen LogP contribution in [-0.2, 0) is 0 Å². The fourth-order valence-electron chi connectivity index (χ4n) is 1.35. The molecule has 0 saturated carbocycles. The molecule has 1 radical (unpaired) electrons. The van der Waals surface area contributed by atoms with E-state index in [9.17, 15) is 13.2 Å². The van der Waals surface area contributed by atoms with Crippen molar-refractivity contribution in [1.29, 1.82) is 0 Å². The van der Waals surface area contributed by atoms with E-state index >= 15 is 0 Å². The third-order valence-corrected chi connectivity index (χ3v) is 2.09. The van der Waals surface area contributed by atoms with Crippen molar-refractivity contribution in [3.8, 4) is 0 Å². The SMILES string of the molecule is Cc1c(F)c(C(F)F)cc2[nH][c]nc12. The van der Waals surface area contributed by atoms with E-state index in [0.29, 0.717) is 11.0 Å². The van der Waals surface area contributed by atoms with Gasteiger partial charge >= 0.3 is 0 Å². The van der Waals surface area contributed by atoms with Gasteiger partial charge in [-0.2, -0.15) is 0 Å². The molecule has 5 heteroatoms. The monoisotopic (exact) mass is 199 g/mol. The highest BCUT2D eigenvalue weighted by Crippen LogP contribution is 2.28. The Balaban J connectivity index is 2.80. The Bertz CT molecular complexity index is 476. The topological polar surface area (TPSA) is 28.7 Å². The van der Waals surface area contributed by atoms with Crippen LogP contribution in [0, 0.1) is 19.1 Å². The first-order valence-electron chi connectivity index (χ1n) is 3.94. The molecular formula is C9H6F3N2. The minimum atomic E-state index is -2.82. The summed E-state index contributed by atoms with van der Waals surface area (Å²) >= 11 is 0. The van der Waals surface area contributed by atoms with Gasteiger partial charge in [-0.05, 0) is 13.0 Å². The Kier molecular flexibility index (Phi) is 1.94. The second-order valence-electron chi connectivity index (χ2n) is 2.95. The summed E-state index contributed by atoms with van der Waals surface area (Å²) in [5.41, 5.74) is 0.231. The normalized spacial score (nSPS) is 11.5. The van der Waals surface area contributed by atoms with Gasteiger partial charge in [-0.3, -0.25) is 0 Å². The van der Waals surface area contributed by atoms with Gasteiger partial charge in [0.15, 0.2) is 6.33 Å². The number of nitrogens with zero attached hydrogens (tertiary/aromatic N) is 1. The summed E-state index contributed by atoms with van der Waals surface area (Å²) in [7, 11) is 0. The van der Waals surface area contributed by atoms with Crippen LogP contribution in [0.4, 0.5) is 13.2 Å². The van der Waals surface area contributed by atoms with Crippen molar-refractivity contribution in [2.24, 2.45) is 0 Å². The number of aromatic amines is 1. The number of hydrogen-bond donors (Lipinski definition) is 1. The van der Waals surface area contributed by atoms with Crippen LogP contribution >= 0.6 is 0 Å². The van der Waals surface area contributed by atoms with Crippen LogP contribution in [-0.4, -0.2) is 9.97 Å². The molecule has 0 aliphatic carbocycles. The van der Waals surface area contributed by atoms with Gasteiger partial charge in [0.05, 0.1) is 16.6 Å². The van der Waals surface area contributed by atoms with Crippen LogP contribution in [0.5, 0.6) is 0 Å². The Hall–Kier alpha value is -1.52. The molecule has 1 aromatic heterocycles. The molecule has 14 heavy (non-hydrogen) atoms. The van der Waals surface area contributed by atoms with Crippen LogP contribution in [0.25, 0.3) is 11.0 Å². The zero-order chi connectivity index (χ0) is 10.3. The van der Waals surface area contributed by atoms with Crippen molar-refractivity contribution in [1.82, 2.24) is 9.97 Å². The lowest BCUT2D eigenvalue weighted by molar-refractivity contribution is 0.146. The second kappa shape index (κ2) is 3.01. The maximum atomic E-state index is 13.3. The van der Waals surface area contributed by atoms with Crippen molar-refractivity contribution in [3.05, 3.63) is 29.3 Å². The van der Waals surface area contributed by atoms with Crippen molar-refractivity contribution < 1.29 is 13.2 Å². The molecule has 0 amide bonds. The molecule has 2 aromatic rings. The maximum absolute atomic E-state index is 13.3. The molecule has 0 aliphatic heterocycles. The lowest BCUT2D eigenvalue weighted by Gasteiger charge is -2.04. The number of aryl methyl sites for hydroxylation is 1. The Labute approximate surface area is 77.8 Å². The zero-order valence-corrected chi connectivity index (χ0v) is 7.24. The number of benzene rings is 1. The number of H-pyrrole nitrogens is 1. The molecule has 1 aromatic carbocycles. The van der Waals surface area contributed by atoms with E-state index in [1.165, 1.54) is 6.92 Å². The van der Waals surface area contributed by atoms with Crippen molar-refractivity contribution in [2.75, 3.05) is 0 Å². The minimum absolute atomic E-state index is 0.121. The van der Waals surface area contributed by atoms with Crippen molar-refractivity contribution in [2.45, 2.75) is 13.3 Å². The molecular weight excluding hydrogens is 193 g/mol. The van der Waals surface area contributed by atoms with Crippen molar-refractivity contribution >= 4 is 11.0 Å². The fraction of sp³-hybridized carbons (Fsp3) is 0.222. The summed E-state index contributed by atoms with van der Waals surface area (Å²) in [5, 5.41) is 0. The second-order valence-corrected chi connectivity index (χ2v) is 2.95. The maximum Gasteiger partial charge on any atom is 0.266 e. The number of nitrogens with one attached hydrogen (secondary N) is 1. The van der Waals surface area contributed by atoms with Crippen molar-refractivity contribution in [3.63, 3.8) is 0 Å². The van der Waals surface area contributed by atoms with E-state index in [2.05, 4.69) is 16.3 Å². The first kappa shape index (κ1) is 9.05. The molecule has 2 nitrogen and oxygen atoms in total. The average Bonchev–Trinajstić information content (AvgIpc) is 2.58. The lowest BCUT2D eigenvalue weighted by Crippen LogP contribution is -1.95. The molecule has 0 unspecified atom stereocenters. The third-order valence-electron chi connectivity index (χ3n) is 2.09. The van der Waals surface area contributed by atoms with Gasteiger partial charge in [0.1, 0.15) is 5.82 Å². The number of alkyl halides is 2. The molecule has 0 spiro atoms. The molecule has 0 atom stereocenters. The van der Waals surface area contributed by atoms with E-state index in [1.54, 1.807) is 0 Å². The Morgan fingerprint density at radius 3 is 2.86 bits per heavy atom. The van der Waals surface area contributed by atoms with Crippen LogP contribution in [0.1, 0.15) is 17.6 Å². The fourth-order valence-corrected chi connectivity index (χ4v) is 1.35. The summed E-state index contributed by atoms with van der Waals surface area (Å²) in [5.74, 6) is -0.895. The first-order valence-corrected chi connectivity index (χ1v) is 3.94. The first-order chi connectivity index (χ1) is 6.61. The number of hydrogen-bond acceptors (Lipinski definition) is 1. The number of halogens is 3. The summed E-state index contributed by atoms with van der Waals surface area (Å²) in [6, 6.07) is 1.06. The molecule has 0 aliphatic rings. The van der Waals surface area contributed by atoms with E-state index < -0.39 is 17.8 Å². The summed E-state index contributed by atoms with van der Waals surface area (Å²) in [6.07, 6.45) is -0.433. The summed E-state index contributed by atoms with van der Waals surface area (Å²) in [6.45, 7) is 1.41. The van der Waals surface area contributed by atoms with Gasteiger partial charge in [-0.1, -0.05) is 0 Å². The predicted octanol–water partition coefficient (Wildman–Crippen LogP) is 2.75. The smallest absolute Gasteiger partial charge is 0.266 e. The minimum Gasteiger partial charge on any atom is -0.335 e. The van der Waals surface area contributed by atoms with Crippen LogP contribution in [0.15, 0.2) is 6.07 Å². The molecule has 1 N–H and O–H groups in total. The van der Waals surface area contributed by atoms with Gasteiger partial charge in [0.25, 0.3) is 6.43 Å². The molecule has 1 heterocycles. The number of aromatic nitrogens is 2. The quantitative estimate of drug-likeness (QED) is 0.751. The highest BCUT2D eigenvalue weighted by atomic mass is 19.3. The lowest BCUT2D eigenvalue weighted by atomic mass is 10.1. The highest BCUT2D eigenvalue weighted by Gasteiger charge is 2.18. The zero-order valence-electron chi connectivity index (χ0n) is 7.24. The van der Waals surface area contributed by atoms with Gasteiger partial charge in [-0.15, -0.1) is 0 Å². The Morgan fingerprint density at radius 2 is 2.21 bits per heavy atom. The van der Waals surface area contributed by atoms with Crippen LogP contribution in [0.3, 0.4) is 0 Å². The van der Waals surface area contributed by atoms with Gasteiger partial charge < -0.3 is 4.98 Å². The summed E-state index contributed by atoms with van der Waals surface area (Å²) in [4.78, 5) is 6.26. The molecule has 2 rings (SSSR count). The molecule has 0 fully saturated rings. The third kappa shape index (κ3) is 1.16. The Morgan fingerprint density at radius 1 is 1.50 bits per heavy atom. The van der Waals surface area contributed by atoms with E-state index in [0.717, 1.165) is 6.07 Å². The number of rotatable bonds is 1. The largest absolute Gasteiger partial charge is 0.335 e. The van der Waals surface area contributed by atoms with Gasteiger partial charge in [0.2, 0.25) is 0 Å². The van der Waals surface area contributed by atoms with E-state index in [4.69, 9.17) is 0 Å². The van der Waals surface area contributed by atoms with Gasteiger partial charge in [0, 0.05) is 5.56 Å². The summed E-state index contributed by atoms with van der Waals surface area (Å²) < 4.78 is 38.0.